The van der Waals surface area contributed by atoms with Crippen molar-refractivity contribution in [2.75, 3.05) is 6.61 Å². The first kappa shape index (κ1) is 9.59. The summed E-state index contributed by atoms with van der Waals surface area (Å²) in [4.78, 5) is 0. The van der Waals surface area contributed by atoms with Crippen molar-refractivity contribution in [2.24, 2.45) is 0 Å². The van der Waals surface area contributed by atoms with E-state index in [-0.39, 0.29) is 6.10 Å². The van der Waals surface area contributed by atoms with Crippen LogP contribution in [0.1, 0.15) is 39.0 Å². The minimum absolute atomic E-state index is 0.348. The average Bonchev–Trinajstić information content (AvgIpc) is 2.56. The van der Waals surface area contributed by atoms with Crippen molar-refractivity contribution in [3.05, 3.63) is 11.8 Å². The quantitative estimate of drug-likeness (QED) is 0.641. The molecule has 2 nitrogen and oxygen atoms in total. The van der Waals surface area contributed by atoms with E-state index in [0.717, 1.165) is 31.6 Å². The molecular weight excluding hydrogens is 152 g/mol. The van der Waals surface area contributed by atoms with E-state index >= 15 is 0 Å². The fourth-order valence-electron chi connectivity index (χ4n) is 1.40. The smallest absolute Gasteiger partial charge is 0.121 e. The lowest BCUT2D eigenvalue weighted by Crippen LogP contribution is -2.10. The molecule has 0 fully saturated rings. The van der Waals surface area contributed by atoms with E-state index in [1.165, 1.54) is 12.8 Å². The molecule has 2 heteroatoms. The summed E-state index contributed by atoms with van der Waals surface area (Å²) in [7, 11) is 0. The molecule has 1 aliphatic heterocycles. The normalized spacial score (nSPS) is 18.7. The Hall–Kier alpha value is -0.500. The maximum Gasteiger partial charge on any atom is 0.121 e. The van der Waals surface area contributed by atoms with E-state index in [1.807, 2.05) is 6.08 Å². The van der Waals surface area contributed by atoms with Gasteiger partial charge in [-0.2, -0.15) is 0 Å². The molecule has 1 unspecified atom stereocenters. The van der Waals surface area contributed by atoms with Crippen molar-refractivity contribution in [1.29, 1.82) is 0 Å². The molecule has 0 radical (unpaired) electrons. The Kier molecular flexibility index (Phi) is 4.15. The van der Waals surface area contributed by atoms with Crippen molar-refractivity contribution in [3.63, 3.8) is 0 Å². The number of rotatable bonds is 5. The SMILES string of the molecule is CCCCCC(O)C1=CCCO1. The summed E-state index contributed by atoms with van der Waals surface area (Å²) in [6.45, 7) is 2.91. The van der Waals surface area contributed by atoms with Gasteiger partial charge < -0.3 is 9.84 Å². The summed E-state index contributed by atoms with van der Waals surface area (Å²) in [5, 5.41) is 9.58. The molecule has 0 aromatic rings. The van der Waals surface area contributed by atoms with Gasteiger partial charge in [-0.1, -0.05) is 26.2 Å². The molecule has 1 aliphatic rings. The maximum absolute atomic E-state index is 9.58. The zero-order chi connectivity index (χ0) is 8.81. The van der Waals surface area contributed by atoms with Crippen molar-refractivity contribution < 1.29 is 9.84 Å². The van der Waals surface area contributed by atoms with E-state index in [1.54, 1.807) is 0 Å². The fraction of sp³-hybridized carbons (Fsp3) is 0.800. The Bertz CT molecular complexity index is 152. The van der Waals surface area contributed by atoms with Crippen LogP contribution >= 0.6 is 0 Å². The van der Waals surface area contributed by atoms with Crippen LogP contribution in [-0.2, 0) is 4.74 Å². The molecule has 0 aromatic heterocycles. The molecule has 1 atom stereocenters. The zero-order valence-electron chi connectivity index (χ0n) is 7.75. The van der Waals surface area contributed by atoms with E-state index < -0.39 is 0 Å². The van der Waals surface area contributed by atoms with Crippen LogP contribution in [0, 0.1) is 0 Å². The molecule has 12 heavy (non-hydrogen) atoms. The Morgan fingerprint density at radius 2 is 2.42 bits per heavy atom. The minimum atomic E-state index is -0.348. The minimum Gasteiger partial charge on any atom is -0.495 e. The summed E-state index contributed by atoms with van der Waals surface area (Å²) in [5.41, 5.74) is 0. The summed E-state index contributed by atoms with van der Waals surface area (Å²) in [6, 6.07) is 0. The highest BCUT2D eigenvalue weighted by molar-refractivity contribution is 5.03. The van der Waals surface area contributed by atoms with Crippen LogP contribution < -0.4 is 0 Å². The van der Waals surface area contributed by atoms with E-state index in [4.69, 9.17) is 4.74 Å². The number of ether oxygens (including phenoxy) is 1. The Labute approximate surface area is 74.2 Å². The lowest BCUT2D eigenvalue weighted by atomic mass is 10.1. The third kappa shape index (κ3) is 2.86. The van der Waals surface area contributed by atoms with Gasteiger partial charge in [0.05, 0.1) is 6.61 Å². The topological polar surface area (TPSA) is 29.5 Å². The highest BCUT2D eigenvalue weighted by Gasteiger charge is 2.14. The molecule has 0 aliphatic carbocycles. The first-order chi connectivity index (χ1) is 5.84. The molecule has 0 saturated heterocycles. The Balaban J connectivity index is 2.14. The summed E-state index contributed by atoms with van der Waals surface area (Å²) in [5.74, 6) is 0.797. The van der Waals surface area contributed by atoms with Crippen molar-refractivity contribution in [3.8, 4) is 0 Å². The van der Waals surface area contributed by atoms with Gasteiger partial charge in [0, 0.05) is 6.42 Å². The van der Waals surface area contributed by atoms with Crippen molar-refractivity contribution in [1.82, 2.24) is 0 Å². The van der Waals surface area contributed by atoms with Gasteiger partial charge in [0.25, 0.3) is 0 Å². The second-order valence-corrected chi connectivity index (χ2v) is 3.26. The number of aliphatic hydroxyl groups excluding tert-OH is 1. The number of aliphatic hydroxyl groups is 1. The van der Waals surface area contributed by atoms with Gasteiger partial charge in [-0.3, -0.25) is 0 Å². The number of hydrogen-bond acceptors (Lipinski definition) is 2. The van der Waals surface area contributed by atoms with Crippen molar-refractivity contribution in [2.45, 2.75) is 45.1 Å². The van der Waals surface area contributed by atoms with E-state index in [0.29, 0.717) is 0 Å². The first-order valence-electron chi connectivity index (χ1n) is 4.85. The molecule has 1 heterocycles. The standard InChI is InChI=1S/C10H18O2/c1-2-3-4-6-9(11)10-7-5-8-12-10/h7,9,11H,2-6,8H2,1H3. The van der Waals surface area contributed by atoms with Crippen LogP contribution in [0.25, 0.3) is 0 Å². The molecule has 0 saturated carbocycles. The average molecular weight is 170 g/mol. The van der Waals surface area contributed by atoms with Gasteiger partial charge in [0.1, 0.15) is 11.9 Å². The summed E-state index contributed by atoms with van der Waals surface area (Å²) in [6.07, 6.45) is 6.95. The highest BCUT2D eigenvalue weighted by Crippen LogP contribution is 2.17. The summed E-state index contributed by atoms with van der Waals surface area (Å²) >= 11 is 0. The van der Waals surface area contributed by atoms with Gasteiger partial charge >= 0.3 is 0 Å². The van der Waals surface area contributed by atoms with Crippen LogP contribution in [0.3, 0.4) is 0 Å². The molecule has 0 bridgehead atoms. The van der Waals surface area contributed by atoms with Gasteiger partial charge in [0.2, 0.25) is 0 Å². The predicted molar refractivity (Wildman–Crippen MR) is 48.8 cm³/mol. The van der Waals surface area contributed by atoms with Gasteiger partial charge in [-0.25, -0.2) is 0 Å². The van der Waals surface area contributed by atoms with Crippen LogP contribution in [0.5, 0.6) is 0 Å². The van der Waals surface area contributed by atoms with E-state index in [9.17, 15) is 5.11 Å². The number of unbranched alkanes of at least 4 members (excludes halogenated alkanes) is 2. The molecule has 0 amide bonds. The van der Waals surface area contributed by atoms with Gasteiger partial charge in [-0.05, 0) is 12.5 Å². The maximum atomic E-state index is 9.58. The third-order valence-electron chi connectivity index (χ3n) is 2.14. The van der Waals surface area contributed by atoms with Gasteiger partial charge in [-0.15, -0.1) is 0 Å². The van der Waals surface area contributed by atoms with Crippen LogP contribution in [0.4, 0.5) is 0 Å². The molecule has 1 rings (SSSR count). The number of hydrogen-bond donors (Lipinski definition) is 1. The lowest BCUT2D eigenvalue weighted by molar-refractivity contribution is 0.110. The molecule has 1 N–H and O–H groups in total. The van der Waals surface area contributed by atoms with Crippen molar-refractivity contribution >= 4 is 0 Å². The third-order valence-corrected chi connectivity index (χ3v) is 2.14. The predicted octanol–water partition coefficient (Wildman–Crippen LogP) is 2.23. The van der Waals surface area contributed by atoms with E-state index in [2.05, 4.69) is 6.92 Å². The lowest BCUT2D eigenvalue weighted by Gasteiger charge is -2.11. The largest absolute Gasteiger partial charge is 0.495 e. The first-order valence-corrected chi connectivity index (χ1v) is 4.85. The second kappa shape index (κ2) is 5.20. The second-order valence-electron chi connectivity index (χ2n) is 3.26. The Morgan fingerprint density at radius 3 is 3.00 bits per heavy atom. The zero-order valence-corrected chi connectivity index (χ0v) is 7.75. The van der Waals surface area contributed by atoms with Gasteiger partial charge in [0.15, 0.2) is 0 Å². The highest BCUT2D eigenvalue weighted by atomic mass is 16.5. The molecular formula is C10H18O2. The molecule has 0 spiro atoms. The molecule has 0 aromatic carbocycles. The van der Waals surface area contributed by atoms with Crippen LogP contribution in [0.15, 0.2) is 11.8 Å². The molecule has 70 valence electrons. The van der Waals surface area contributed by atoms with Crippen LogP contribution in [0.2, 0.25) is 0 Å². The summed E-state index contributed by atoms with van der Waals surface area (Å²) < 4.78 is 5.26. The Morgan fingerprint density at radius 1 is 1.58 bits per heavy atom. The fourth-order valence-corrected chi connectivity index (χ4v) is 1.40. The van der Waals surface area contributed by atoms with Crippen LogP contribution in [-0.4, -0.2) is 17.8 Å². The monoisotopic (exact) mass is 170 g/mol.